The normalized spacial score (nSPS) is 19.8. The molecule has 1 N–H and O–H groups in total. The Morgan fingerprint density at radius 2 is 1.27 bits per heavy atom. The van der Waals surface area contributed by atoms with Crippen molar-refractivity contribution in [3.8, 4) is 0 Å². The molecule has 3 atom stereocenters. The summed E-state index contributed by atoms with van der Waals surface area (Å²) < 4.78 is 94.6. The molecule has 0 aromatic rings. The highest BCUT2D eigenvalue weighted by atomic mass is 19.4. The van der Waals surface area contributed by atoms with Gasteiger partial charge in [0.2, 0.25) is 6.17 Å². The molecule has 0 aliphatic carbocycles. The molecule has 3 unspecified atom stereocenters. The molecule has 0 aromatic carbocycles. The predicted octanol–water partition coefficient (Wildman–Crippen LogP) is 2.40. The van der Waals surface area contributed by atoms with Crippen LogP contribution in [0.2, 0.25) is 0 Å². The van der Waals surface area contributed by atoms with Crippen molar-refractivity contribution < 1.29 is 40.2 Å². The average Bonchev–Trinajstić information content (AvgIpc) is 1.99. The third-order valence-corrected chi connectivity index (χ3v) is 1.59. The molecule has 15 heavy (non-hydrogen) atoms. The third-order valence-electron chi connectivity index (χ3n) is 1.59. The maximum atomic E-state index is 12.5. The fourth-order valence-electron chi connectivity index (χ4n) is 0.769. The minimum absolute atomic E-state index is 1.94. The molecule has 0 heterocycles. The van der Waals surface area contributed by atoms with Crippen LogP contribution in [0.3, 0.4) is 0 Å². The fraction of sp³-hybridized carbons (Fsp3) is 1.00. The van der Waals surface area contributed by atoms with E-state index in [-0.39, 0.29) is 0 Å². The average molecular weight is 246 g/mol. The summed E-state index contributed by atoms with van der Waals surface area (Å²) in [6.45, 7) is -1.94. The van der Waals surface area contributed by atoms with Crippen molar-refractivity contribution in [3.05, 3.63) is 0 Å². The van der Waals surface area contributed by atoms with Gasteiger partial charge in [0, 0.05) is 0 Å². The molecule has 1 nitrogen and oxygen atoms in total. The summed E-state index contributed by atoms with van der Waals surface area (Å²) >= 11 is 0. The topological polar surface area (TPSA) is 20.2 Å². The molecule has 0 saturated carbocycles. The van der Waals surface area contributed by atoms with Crippen molar-refractivity contribution in [2.75, 3.05) is 6.61 Å². The maximum absolute atomic E-state index is 12.5. The number of halogens is 8. The van der Waals surface area contributed by atoms with Crippen LogP contribution in [0.5, 0.6) is 0 Å². The summed E-state index contributed by atoms with van der Waals surface area (Å²) in [6, 6.07) is 0. The monoisotopic (exact) mass is 246 g/mol. The second kappa shape index (κ2) is 4.50. The molecule has 9 heteroatoms. The zero-order valence-electron chi connectivity index (χ0n) is 6.91. The van der Waals surface area contributed by atoms with Crippen LogP contribution in [0.1, 0.15) is 0 Å². The van der Waals surface area contributed by atoms with Crippen LogP contribution in [0.25, 0.3) is 0 Å². The van der Waals surface area contributed by atoms with Gasteiger partial charge in [-0.2, -0.15) is 26.3 Å². The van der Waals surface area contributed by atoms with Gasteiger partial charge in [0.15, 0.2) is 6.17 Å². The largest absolute Gasteiger partial charge is 0.422 e. The fourth-order valence-corrected chi connectivity index (χ4v) is 0.769. The lowest BCUT2D eigenvalue weighted by Gasteiger charge is -2.25. The Balaban J connectivity index is 4.74. The highest BCUT2D eigenvalue weighted by Crippen LogP contribution is 2.37. The highest BCUT2D eigenvalue weighted by molar-refractivity contribution is 4.85. The van der Waals surface area contributed by atoms with E-state index in [0.29, 0.717) is 0 Å². The third kappa shape index (κ3) is 3.80. The summed E-state index contributed by atoms with van der Waals surface area (Å²) in [5.74, 6) is -3.38. The first-order valence-corrected chi connectivity index (χ1v) is 3.54. The molecular weight excluding hydrogens is 240 g/mol. The van der Waals surface area contributed by atoms with Crippen LogP contribution >= 0.6 is 0 Å². The maximum Gasteiger partial charge on any atom is 0.422 e. The Morgan fingerprint density at radius 1 is 0.867 bits per heavy atom. The van der Waals surface area contributed by atoms with E-state index >= 15 is 0 Å². The first-order chi connectivity index (χ1) is 6.51. The van der Waals surface area contributed by atoms with Crippen LogP contribution in [0.15, 0.2) is 0 Å². The summed E-state index contributed by atoms with van der Waals surface area (Å²) in [5.41, 5.74) is 0. The van der Waals surface area contributed by atoms with Gasteiger partial charge in [0.1, 0.15) is 5.92 Å². The molecular formula is C6H6F8O. The van der Waals surface area contributed by atoms with Gasteiger partial charge in [0.05, 0.1) is 6.61 Å². The molecule has 0 saturated heterocycles. The Kier molecular flexibility index (Phi) is 4.32. The molecule has 0 fully saturated rings. The molecule has 0 aliphatic rings. The van der Waals surface area contributed by atoms with Gasteiger partial charge in [-0.05, 0) is 0 Å². The number of aliphatic hydroxyl groups is 1. The molecule has 92 valence electrons. The lowest BCUT2D eigenvalue weighted by Crippen LogP contribution is -2.45. The Hall–Kier alpha value is -0.600. The van der Waals surface area contributed by atoms with Gasteiger partial charge >= 0.3 is 12.4 Å². The summed E-state index contributed by atoms with van der Waals surface area (Å²) in [5, 5.41) is 8.05. The van der Waals surface area contributed by atoms with Crippen molar-refractivity contribution in [3.63, 3.8) is 0 Å². The zero-order chi connectivity index (χ0) is 12.4. The number of hydrogen-bond donors (Lipinski definition) is 1. The summed E-state index contributed by atoms with van der Waals surface area (Å²) in [4.78, 5) is 0. The second-order valence-corrected chi connectivity index (χ2v) is 2.72. The predicted molar refractivity (Wildman–Crippen MR) is 32.5 cm³/mol. The Morgan fingerprint density at radius 3 is 1.47 bits per heavy atom. The molecule has 0 aromatic heterocycles. The van der Waals surface area contributed by atoms with Gasteiger partial charge in [-0.1, -0.05) is 0 Å². The van der Waals surface area contributed by atoms with E-state index in [0.717, 1.165) is 0 Å². The molecule has 0 rings (SSSR count). The SMILES string of the molecule is OCC(C(F)C(F)C(F)(F)F)C(F)(F)F. The lowest BCUT2D eigenvalue weighted by molar-refractivity contribution is -0.242. The van der Waals surface area contributed by atoms with E-state index in [1.54, 1.807) is 0 Å². The first kappa shape index (κ1) is 14.4. The van der Waals surface area contributed by atoms with Crippen molar-refractivity contribution >= 4 is 0 Å². The molecule has 0 amide bonds. The first-order valence-electron chi connectivity index (χ1n) is 3.54. The summed E-state index contributed by atoms with van der Waals surface area (Å²) in [6.07, 6.45) is -19.3. The van der Waals surface area contributed by atoms with Crippen LogP contribution in [0, 0.1) is 5.92 Å². The van der Waals surface area contributed by atoms with Gasteiger partial charge in [0.25, 0.3) is 0 Å². The number of aliphatic hydroxyl groups excluding tert-OH is 1. The van der Waals surface area contributed by atoms with E-state index < -0.39 is 37.2 Å². The van der Waals surface area contributed by atoms with Gasteiger partial charge in [-0.15, -0.1) is 0 Å². The summed E-state index contributed by atoms with van der Waals surface area (Å²) in [7, 11) is 0. The lowest BCUT2D eigenvalue weighted by atomic mass is 10.00. The van der Waals surface area contributed by atoms with Crippen LogP contribution in [0.4, 0.5) is 35.1 Å². The van der Waals surface area contributed by atoms with Crippen molar-refractivity contribution in [2.24, 2.45) is 5.92 Å². The molecule has 0 radical (unpaired) electrons. The van der Waals surface area contributed by atoms with Crippen LogP contribution < -0.4 is 0 Å². The number of hydrogen-bond acceptors (Lipinski definition) is 1. The smallest absolute Gasteiger partial charge is 0.396 e. The van der Waals surface area contributed by atoms with Crippen LogP contribution in [-0.4, -0.2) is 36.4 Å². The van der Waals surface area contributed by atoms with Crippen molar-refractivity contribution in [1.82, 2.24) is 0 Å². The van der Waals surface area contributed by atoms with Crippen molar-refractivity contribution in [1.29, 1.82) is 0 Å². The van der Waals surface area contributed by atoms with Gasteiger partial charge in [-0.3, -0.25) is 0 Å². The minimum atomic E-state index is -5.72. The molecule has 0 spiro atoms. The van der Waals surface area contributed by atoms with Gasteiger partial charge < -0.3 is 5.11 Å². The standard InChI is InChI=1S/C6H6F8O/c7-3(4(8)6(12,13)14)2(1-15)5(9,10)11/h2-4,15H,1H2. The number of alkyl halides is 8. The Bertz CT molecular complexity index is 196. The van der Waals surface area contributed by atoms with Crippen molar-refractivity contribution in [2.45, 2.75) is 24.7 Å². The van der Waals surface area contributed by atoms with E-state index in [9.17, 15) is 35.1 Å². The zero-order valence-corrected chi connectivity index (χ0v) is 6.91. The van der Waals surface area contributed by atoms with E-state index in [1.165, 1.54) is 0 Å². The molecule has 0 aliphatic heterocycles. The van der Waals surface area contributed by atoms with Crippen LogP contribution in [-0.2, 0) is 0 Å². The highest BCUT2D eigenvalue weighted by Gasteiger charge is 2.55. The Labute approximate surface area is 78.7 Å². The molecule has 0 bridgehead atoms. The van der Waals surface area contributed by atoms with E-state index in [4.69, 9.17) is 5.11 Å². The second-order valence-electron chi connectivity index (χ2n) is 2.72. The van der Waals surface area contributed by atoms with E-state index in [2.05, 4.69) is 0 Å². The quantitative estimate of drug-likeness (QED) is 0.758. The van der Waals surface area contributed by atoms with Gasteiger partial charge in [-0.25, -0.2) is 8.78 Å². The minimum Gasteiger partial charge on any atom is -0.396 e. The number of rotatable bonds is 3. The van der Waals surface area contributed by atoms with E-state index in [1.807, 2.05) is 0 Å².